The van der Waals surface area contributed by atoms with Gasteiger partial charge >= 0.3 is 0 Å². The Morgan fingerprint density at radius 2 is 1.52 bits per heavy atom. The normalized spacial score (nSPS) is 11.4. The topological polar surface area (TPSA) is 50.5 Å². The number of hydrogen-bond acceptors (Lipinski definition) is 4. The lowest BCUT2D eigenvalue weighted by Gasteiger charge is -2.06. The summed E-state index contributed by atoms with van der Waals surface area (Å²) >= 11 is 0. The van der Waals surface area contributed by atoms with Crippen molar-refractivity contribution in [3.05, 3.63) is 83.4 Å². The van der Waals surface area contributed by atoms with Crippen molar-refractivity contribution in [3.63, 3.8) is 0 Å². The van der Waals surface area contributed by atoms with Crippen LogP contribution >= 0.6 is 0 Å². The molecule has 0 radical (unpaired) electrons. The zero-order valence-electron chi connectivity index (χ0n) is 14.4. The summed E-state index contributed by atoms with van der Waals surface area (Å²) in [6, 6.07) is 15.8. The molecule has 4 nitrogen and oxygen atoms in total. The van der Waals surface area contributed by atoms with Gasteiger partial charge in [-0.15, -0.1) is 0 Å². The van der Waals surface area contributed by atoms with Gasteiger partial charge in [0.25, 0.3) is 0 Å². The molecule has 3 aromatic rings. The van der Waals surface area contributed by atoms with E-state index < -0.39 is 0 Å². The van der Waals surface area contributed by atoms with Crippen LogP contribution in [-0.2, 0) is 6.42 Å². The molecule has 0 bridgehead atoms. The minimum absolute atomic E-state index is 0.721. The van der Waals surface area contributed by atoms with Crippen molar-refractivity contribution in [3.8, 4) is 0 Å². The third-order valence-corrected chi connectivity index (χ3v) is 3.80. The predicted octanol–water partition coefficient (Wildman–Crippen LogP) is 4.79. The zero-order valence-corrected chi connectivity index (χ0v) is 14.4. The molecule has 0 aliphatic heterocycles. The summed E-state index contributed by atoms with van der Waals surface area (Å²) in [7, 11) is 0. The van der Waals surface area contributed by atoms with E-state index in [4.69, 9.17) is 0 Å². The number of pyridine rings is 2. The number of benzene rings is 1. The molecule has 0 atom stereocenters. The Bertz CT molecular complexity index is 885. The highest BCUT2D eigenvalue weighted by Crippen LogP contribution is 2.28. The molecule has 0 N–H and O–H groups in total. The van der Waals surface area contributed by atoms with Crippen molar-refractivity contribution in [2.45, 2.75) is 20.3 Å². The highest BCUT2D eigenvalue weighted by molar-refractivity contribution is 5.80. The Kier molecular flexibility index (Phi) is 5.42. The van der Waals surface area contributed by atoms with Gasteiger partial charge in [-0.05, 0) is 61.4 Å². The van der Waals surface area contributed by atoms with Crippen molar-refractivity contribution < 1.29 is 0 Å². The van der Waals surface area contributed by atoms with Crippen LogP contribution in [-0.4, -0.2) is 22.4 Å². The zero-order chi connectivity index (χ0) is 17.5. The number of aliphatic imine (C=N–C) groups is 2. The maximum absolute atomic E-state index is 4.59. The van der Waals surface area contributed by atoms with Gasteiger partial charge in [0.05, 0.1) is 23.3 Å². The van der Waals surface area contributed by atoms with Crippen molar-refractivity contribution in [1.82, 2.24) is 9.97 Å². The summed E-state index contributed by atoms with van der Waals surface area (Å²) in [5.74, 6) is 0. The molecule has 124 valence electrons. The molecule has 0 fully saturated rings. The number of hydrogen-bond donors (Lipinski definition) is 0. The summed E-state index contributed by atoms with van der Waals surface area (Å²) in [5.41, 5.74) is 5.94. The van der Waals surface area contributed by atoms with E-state index in [0.717, 1.165) is 40.3 Å². The van der Waals surface area contributed by atoms with E-state index in [1.165, 1.54) is 0 Å². The molecule has 25 heavy (non-hydrogen) atoms. The van der Waals surface area contributed by atoms with Crippen LogP contribution < -0.4 is 0 Å². The van der Waals surface area contributed by atoms with Crippen molar-refractivity contribution in [1.29, 1.82) is 0 Å². The van der Waals surface area contributed by atoms with Crippen molar-refractivity contribution >= 4 is 23.8 Å². The van der Waals surface area contributed by atoms with E-state index in [2.05, 4.69) is 32.1 Å². The van der Waals surface area contributed by atoms with Crippen molar-refractivity contribution in [2.75, 3.05) is 0 Å². The molecule has 0 aliphatic carbocycles. The highest BCUT2D eigenvalue weighted by Gasteiger charge is 2.03. The van der Waals surface area contributed by atoms with Crippen LogP contribution in [0, 0.1) is 13.8 Å². The minimum Gasteiger partial charge on any atom is -0.261 e. The molecule has 0 saturated heterocycles. The molecule has 2 aromatic heterocycles. The molecule has 0 aliphatic rings. The fourth-order valence-corrected chi connectivity index (χ4v) is 2.41. The summed E-state index contributed by atoms with van der Waals surface area (Å²) < 4.78 is 0. The fourth-order valence-electron chi connectivity index (χ4n) is 2.41. The van der Waals surface area contributed by atoms with Crippen LogP contribution in [0.3, 0.4) is 0 Å². The third kappa shape index (κ3) is 4.67. The van der Waals surface area contributed by atoms with E-state index in [1.54, 1.807) is 18.6 Å². The molecular formula is C21H20N4. The van der Waals surface area contributed by atoms with Gasteiger partial charge in [0.2, 0.25) is 0 Å². The van der Waals surface area contributed by atoms with Crippen LogP contribution in [0.1, 0.15) is 22.5 Å². The highest BCUT2D eigenvalue weighted by atomic mass is 14.8. The lowest BCUT2D eigenvalue weighted by molar-refractivity contribution is 1.15. The standard InChI is InChI=1S/C21H20N4/c1-16-14-21(25-15-19-8-4-6-11-23-19)17(2)13-20(16)24-12-9-18-7-3-5-10-22-18/h3-8,10-15H,9H2,1-2H3. The maximum atomic E-state index is 4.59. The van der Waals surface area contributed by atoms with Gasteiger partial charge in [0.1, 0.15) is 0 Å². The summed E-state index contributed by atoms with van der Waals surface area (Å²) in [6.07, 6.45) is 7.97. The van der Waals surface area contributed by atoms with Crippen LogP contribution in [0.15, 0.2) is 70.9 Å². The summed E-state index contributed by atoms with van der Waals surface area (Å²) in [6.45, 7) is 4.09. The molecule has 0 spiro atoms. The van der Waals surface area contributed by atoms with Crippen molar-refractivity contribution in [2.24, 2.45) is 9.98 Å². The quantitative estimate of drug-likeness (QED) is 0.632. The molecule has 4 heteroatoms. The first-order valence-electron chi connectivity index (χ1n) is 8.21. The van der Waals surface area contributed by atoms with Crippen LogP contribution in [0.4, 0.5) is 11.4 Å². The van der Waals surface area contributed by atoms with Crippen LogP contribution in [0.2, 0.25) is 0 Å². The molecule has 0 amide bonds. The number of aryl methyl sites for hydroxylation is 2. The second kappa shape index (κ2) is 8.11. The van der Waals surface area contributed by atoms with E-state index in [1.807, 2.05) is 56.5 Å². The van der Waals surface area contributed by atoms with Gasteiger partial charge < -0.3 is 0 Å². The average molecular weight is 328 g/mol. The fraction of sp³-hybridized carbons (Fsp3) is 0.143. The third-order valence-electron chi connectivity index (χ3n) is 3.80. The Morgan fingerprint density at radius 1 is 0.840 bits per heavy atom. The van der Waals surface area contributed by atoms with Crippen LogP contribution in [0.25, 0.3) is 0 Å². The first kappa shape index (κ1) is 16.7. The predicted molar refractivity (Wildman–Crippen MR) is 104 cm³/mol. The van der Waals surface area contributed by atoms with Gasteiger partial charge in [-0.2, -0.15) is 0 Å². The number of rotatable bonds is 5. The van der Waals surface area contributed by atoms with Gasteiger partial charge in [0, 0.05) is 30.7 Å². The summed E-state index contributed by atoms with van der Waals surface area (Å²) in [5, 5.41) is 0. The lowest BCUT2D eigenvalue weighted by atomic mass is 10.1. The van der Waals surface area contributed by atoms with Crippen LogP contribution in [0.5, 0.6) is 0 Å². The van der Waals surface area contributed by atoms with E-state index in [9.17, 15) is 0 Å². The molecule has 3 rings (SSSR count). The first-order chi connectivity index (χ1) is 12.2. The lowest BCUT2D eigenvalue weighted by Crippen LogP contribution is -1.89. The molecule has 1 aromatic carbocycles. The summed E-state index contributed by atoms with van der Waals surface area (Å²) in [4.78, 5) is 17.7. The molecular weight excluding hydrogens is 308 g/mol. The monoisotopic (exact) mass is 328 g/mol. The van der Waals surface area contributed by atoms with Gasteiger partial charge in [-0.1, -0.05) is 12.1 Å². The largest absolute Gasteiger partial charge is 0.261 e. The number of aromatic nitrogens is 2. The number of nitrogens with zero attached hydrogens (tertiary/aromatic N) is 4. The minimum atomic E-state index is 0.721. The Balaban J connectivity index is 1.75. The maximum Gasteiger partial charge on any atom is 0.0812 e. The molecule has 2 heterocycles. The SMILES string of the molecule is Cc1cc(N=Cc2ccccn2)c(C)cc1N=CCc1ccccn1. The van der Waals surface area contributed by atoms with E-state index >= 15 is 0 Å². The average Bonchev–Trinajstić information content (AvgIpc) is 2.65. The van der Waals surface area contributed by atoms with Gasteiger partial charge in [0.15, 0.2) is 0 Å². The molecule has 0 unspecified atom stereocenters. The van der Waals surface area contributed by atoms with Gasteiger partial charge in [-0.25, -0.2) is 0 Å². The second-order valence-corrected chi connectivity index (χ2v) is 5.77. The van der Waals surface area contributed by atoms with Gasteiger partial charge in [-0.3, -0.25) is 20.0 Å². The smallest absolute Gasteiger partial charge is 0.0812 e. The first-order valence-corrected chi connectivity index (χ1v) is 8.21. The molecule has 0 saturated carbocycles. The second-order valence-electron chi connectivity index (χ2n) is 5.77. The van der Waals surface area contributed by atoms with E-state index in [0.29, 0.717) is 0 Å². The Hall–Kier alpha value is -3.14. The van der Waals surface area contributed by atoms with E-state index in [-0.39, 0.29) is 0 Å². The Labute approximate surface area is 148 Å². The Morgan fingerprint density at radius 3 is 2.16 bits per heavy atom.